The lowest BCUT2D eigenvalue weighted by atomic mass is 10.0. The third kappa shape index (κ3) is 3.92. The molecular weight excluding hydrogens is 318 g/mol. The summed E-state index contributed by atoms with van der Waals surface area (Å²) >= 11 is 0. The number of hydrogen-bond acceptors (Lipinski definition) is 7. The van der Waals surface area contributed by atoms with E-state index in [1.54, 1.807) is 13.8 Å². The van der Waals surface area contributed by atoms with Crippen molar-refractivity contribution >= 4 is 18.0 Å². The van der Waals surface area contributed by atoms with Crippen molar-refractivity contribution in [3.05, 3.63) is 28.8 Å². The van der Waals surface area contributed by atoms with E-state index in [0.717, 1.165) is 0 Å². The van der Waals surface area contributed by atoms with Crippen LogP contribution in [0.3, 0.4) is 0 Å². The fourth-order valence-electron chi connectivity index (χ4n) is 2.24. The zero-order valence-corrected chi connectivity index (χ0v) is 13.7. The Morgan fingerprint density at radius 3 is 2.62 bits per heavy atom. The van der Waals surface area contributed by atoms with Crippen molar-refractivity contribution < 1.29 is 28.4 Å². The summed E-state index contributed by atoms with van der Waals surface area (Å²) in [5.74, 6) is -1.37. The lowest BCUT2D eigenvalue weighted by molar-refractivity contribution is -0.139. The van der Waals surface area contributed by atoms with E-state index in [-0.39, 0.29) is 30.2 Å². The van der Waals surface area contributed by atoms with Crippen LogP contribution < -0.4 is 10.6 Å². The van der Waals surface area contributed by atoms with Gasteiger partial charge in [-0.05, 0) is 20.3 Å². The van der Waals surface area contributed by atoms with Crippen LogP contribution in [0.25, 0.3) is 0 Å². The van der Waals surface area contributed by atoms with Gasteiger partial charge in [-0.15, -0.1) is 0 Å². The largest absolute Gasteiger partial charge is 0.463 e. The summed E-state index contributed by atoms with van der Waals surface area (Å²) < 4.78 is 14.9. The molecule has 0 aromatic carbocycles. The smallest absolute Gasteiger partial charge is 0.377 e. The maximum Gasteiger partial charge on any atom is 0.377 e. The van der Waals surface area contributed by atoms with Crippen molar-refractivity contribution in [1.29, 1.82) is 0 Å². The SMILES string of the molecule is CCOC(=O)C1=C(COC(=O)c2cc(C)no2)NC(=O)N[C@H]1CC. The minimum Gasteiger partial charge on any atom is -0.463 e. The average molecular weight is 337 g/mol. The highest BCUT2D eigenvalue weighted by molar-refractivity contribution is 5.95. The Morgan fingerprint density at radius 2 is 2.04 bits per heavy atom. The van der Waals surface area contributed by atoms with Gasteiger partial charge in [0.15, 0.2) is 0 Å². The average Bonchev–Trinajstić information content (AvgIpc) is 2.98. The van der Waals surface area contributed by atoms with Crippen LogP contribution in [0, 0.1) is 6.92 Å². The Balaban J connectivity index is 2.19. The van der Waals surface area contributed by atoms with Gasteiger partial charge in [-0.3, -0.25) is 0 Å². The molecule has 0 bridgehead atoms. The van der Waals surface area contributed by atoms with Crippen molar-refractivity contribution in [2.45, 2.75) is 33.2 Å². The summed E-state index contributed by atoms with van der Waals surface area (Å²) in [5.41, 5.74) is 0.962. The standard InChI is InChI=1S/C15H19N3O6/c1-4-9-12(14(20)22-5-2)10(17-15(21)16-9)7-23-13(19)11-6-8(3)18-24-11/h6,9H,4-5,7H2,1-3H3,(H2,16,17,21)/t9-/m0/s1. The van der Waals surface area contributed by atoms with Gasteiger partial charge < -0.3 is 24.6 Å². The van der Waals surface area contributed by atoms with Gasteiger partial charge in [-0.2, -0.15) is 0 Å². The second kappa shape index (κ2) is 7.62. The molecule has 1 aromatic heterocycles. The molecule has 0 aliphatic carbocycles. The molecule has 2 amide bonds. The van der Waals surface area contributed by atoms with Crippen molar-refractivity contribution in [2.24, 2.45) is 0 Å². The number of aryl methyl sites for hydroxylation is 1. The Bertz CT molecular complexity index is 679. The molecule has 0 fully saturated rings. The molecule has 0 radical (unpaired) electrons. The first-order chi connectivity index (χ1) is 11.5. The van der Waals surface area contributed by atoms with Crippen LogP contribution in [0.2, 0.25) is 0 Å². The number of carbonyl (C=O) groups excluding carboxylic acids is 3. The van der Waals surface area contributed by atoms with Crippen molar-refractivity contribution in [1.82, 2.24) is 15.8 Å². The first-order valence-corrected chi connectivity index (χ1v) is 7.54. The minimum absolute atomic E-state index is 0.0573. The van der Waals surface area contributed by atoms with Crippen LogP contribution in [-0.4, -0.2) is 42.4 Å². The molecule has 0 saturated heterocycles. The predicted octanol–water partition coefficient (Wildman–Crippen LogP) is 1.05. The number of rotatable bonds is 6. The first-order valence-electron chi connectivity index (χ1n) is 7.54. The number of ether oxygens (including phenoxy) is 2. The van der Waals surface area contributed by atoms with Gasteiger partial charge in [-0.25, -0.2) is 14.4 Å². The molecule has 2 heterocycles. The van der Waals surface area contributed by atoms with Crippen LogP contribution in [0.4, 0.5) is 4.79 Å². The lowest BCUT2D eigenvalue weighted by Gasteiger charge is -2.28. The van der Waals surface area contributed by atoms with Gasteiger partial charge in [0.05, 0.1) is 29.6 Å². The Labute approximate surface area is 138 Å². The summed E-state index contributed by atoms with van der Waals surface area (Å²) in [6.07, 6.45) is 0.486. The monoisotopic (exact) mass is 337 g/mol. The summed E-state index contributed by atoms with van der Waals surface area (Å²) in [6, 6.07) is 0.439. The highest BCUT2D eigenvalue weighted by atomic mass is 16.6. The molecule has 2 rings (SSSR count). The molecule has 130 valence electrons. The van der Waals surface area contributed by atoms with Crippen LogP contribution in [-0.2, 0) is 14.3 Å². The van der Waals surface area contributed by atoms with Gasteiger partial charge in [0, 0.05) is 6.07 Å². The van der Waals surface area contributed by atoms with Crippen molar-refractivity contribution in [3.8, 4) is 0 Å². The maximum absolute atomic E-state index is 12.2. The van der Waals surface area contributed by atoms with E-state index >= 15 is 0 Å². The van der Waals surface area contributed by atoms with E-state index in [2.05, 4.69) is 15.8 Å². The minimum atomic E-state index is -0.743. The number of aromatic nitrogens is 1. The van der Waals surface area contributed by atoms with Crippen LogP contribution in [0.5, 0.6) is 0 Å². The molecular formula is C15H19N3O6. The number of amides is 2. The Morgan fingerprint density at radius 1 is 1.29 bits per heavy atom. The number of hydrogen-bond donors (Lipinski definition) is 2. The van der Waals surface area contributed by atoms with Crippen LogP contribution >= 0.6 is 0 Å². The molecule has 2 N–H and O–H groups in total. The first kappa shape index (κ1) is 17.5. The van der Waals surface area contributed by atoms with E-state index in [1.165, 1.54) is 6.07 Å². The molecule has 24 heavy (non-hydrogen) atoms. The Hall–Kier alpha value is -2.84. The number of urea groups is 1. The fraction of sp³-hybridized carbons (Fsp3) is 0.467. The van der Waals surface area contributed by atoms with Crippen molar-refractivity contribution in [2.75, 3.05) is 13.2 Å². The number of carbonyl (C=O) groups is 3. The summed E-state index contributed by atoms with van der Waals surface area (Å²) in [7, 11) is 0. The number of esters is 2. The number of nitrogens with one attached hydrogen (secondary N) is 2. The second-order valence-electron chi connectivity index (χ2n) is 5.08. The molecule has 0 unspecified atom stereocenters. The fourth-order valence-corrected chi connectivity index (χ4v) is 2.24. The van der Waals surface area contributed by atoms with Gasteiger partial charge in [0.25, 0.3) is 0 Å². The lowest BCUT2D eigenvalue weighted by Crippen LogP contribution is -2.51. The van der Waals surface area contributed by atoms with Crippen LogP contribution in [0.15, 0.2) is 21.9 Å². The second-order valence-corrected chi connectivity index (χ2v) is 5.08. The molecule has 1 atom stereocenters. The molecule has 0 saturated carbocycles. The van der Waals surface area contributed by atoms with Gasteiger partial charge in [0.1, 0.15) is 6.61 Å². The third-order valence-electron chi connectivity index (χ3n) is 3.32. The number of nitrogens with zero attached hydrogens (tertiary/aromatic N) is 1. The molecule has 0 spiro atoms. The van der Waals surface area contributed by atoms with Crippen LogP contribution in [0.1, 0.15) is 36.5 Å². The third-order valence-corrected chi connectivity index (χ3v) is 3.32. The van der Waals surface area contributed by atoms with E-state index in [4.69, 9.17) is 14.0 Å². The highest BCUT2D eigenvalue weighted by Crippen LogP contribution is 2.18. The molecule has 1 aliphatic heterocycles. The van der Waals surface area contributed by atoms with E-state index in [9.17, 15) is 14.4 Å². The zero-order valence-electron chi connectivity index (χ0n) is 13.7. The van der Waals surface area contributed by atoms with E-state index < -0.39 is 24.0 Å². The quantitative estimate of drug-likeness (QED) is 0.744. The highest BCUT2D eigenvalue weighted by Gasteiger charge is 2.32. The summed E-state index contributed by atoms with van der Waals surface area (Å²) in [6.45, 7) is 5.06. The van der Waals surface area contributed by atoms with Gasteiger partial charge in [-0.1, -0.05) is 12.1 Å². The normalized spacial score (nSPS) is 17.1. The van der Waals surface area contributed by atoms with E-state index in [1.807, 2.05) is 6.92 Å². The van der Waals surface area contributed by atoms with E-state index in [0.29, 0.717) is 12.1 Å². The summed E-state index contributed by atoms with van der Waals surface area (Å²) in [5, 5.41) is 8.71. The van der Waals surface area contributed by atoms with Gasteiger partial charge >= 0.3 is 18.0 Å². The predicted molar refractivity (Wildman–Crippen MR) is 80.9 cm³/mol. The molecule has 9 nitrogen and oxygen atoms in total. The molecule has 9 heteroatoms. The maximum atomic E-state index is 12.2. The topological polar surface area (TPSA) is 120 Å². The zero-order chi connectivity index (χ0) is 17.7. The summed E-state index contributed by atoms with van der Waals surface area (Å²) in [4.78, 5) is 35.8. The van der Waals surface area contributed by atoms with Crippen molar-refractivity contribution in [3.63, 3.8) is 0 Å². The molecule has 1 aliphatic rings. The Kier molecular flexibility index (Phi) is 5.56. The molecule has 1 aromatic rings. The van der Waals surface area contributed by atoms with Gasteiger partial charge in [0.2, 0.25) is 5.76 Å².